The Balaban J connectivity index is 0.00000180. The molecule has 1 saturated heterocycles. The van der Waals surface area contributed by atoms with Gasteiger partial charge in [0, 0.05) is 29.2 Å². The quantitative estimate of drug-likeness (QED) is 0.893. The first kappa shape index (κ1) is 16.5. The molecule has 19 heavy (non-hydrogen) atoms. The summed E-state index contributed by atoms with van der Waals surface area (Å²) in [5.74, 6) is 0.106. The Bertz CT molecular complexity index is 433. The van der Waals surface area contributed by atoms with Gasteiger partial charge in [0.25, 0.3) is 5.91 Å². The molecule has 0 aliphatic carbocycles. The van der Waals surface area contributed by atoms with Gasteiger partial charge in [-0.15, -0.1) is 12.4 Å². The van der Waals surface area contributed by atoms with Crippen molar-refractivity contribution in [1.29, 1.82) is 0 Å². The van der Waals surface area contributed by atoms with Crippen LogP contribution in [0.4, 0.5) is 0 Å². The summed E-state index contributed by atoms with van der Waals surface area (Å²) in [6.45, 7) is 3.38. The van der Waals surface area contributed by atoms with Gasteiger partial charge in [0.1, 0.15) is 0 Å². The van der Waals surface area contributed by atoms with Gasteiger partial charge in [0.2, 0.25) is 0 Å². The Hall–Kier alpha value is -0.580. The number of nitrogens with zero attached hydrogens (tertiary/aromatic N) is 1. The van der Waals surface area contributed by atoms with E-state index >= 15 is 0 Å². The number of carbonyl (C=O) groups excluding carboxylic acids is 1. The van der Waals surface area contributed by atoms with Crippen molar-refractivity contribution >= 4 is 34.2 Å². The highest BCUT2D eigenvalue weighted by atomic mass is 79.9. The van der Waals surface area contributed by atoms with Crippen LogP contribution in [0.1, 0.15) is 35.2 Å². The second kappa shape index (κ2) is 7.27. The van der Waals surface area contributed by atoms with Crippen molar-refractivity contribution in [3.8, 4) is 0 Å². The molecule has 1 aliphatic heterocycles. The molecule has 1 heterocycles. The second-order valence-electron chi connectivity index (χ2n) is 4.90. The van der Waals surface area contributed by atoms with Crippen LogP contribution >= 0.6 is 28.3 Å². The molecule has 1 amide bonds. The first-order chi connectivity index (χ1) is 8.61. The Kier molecular flexibility index (Phi) is 6.30. The van der Waals surface area contributed by atoms with Crippen LogP contribution in [-0.2, 0) is 0 Å². The molecule has 106 valence electrons. The molecule has 0 saturated carbocycles. The third-order valence-corrected chi connectivity index (χ3v) is 3.91. The molecule has 1 aromatic rings. The highest BCUT2D eigenvalue weighted by Crippen LogP contribution is 2.21. The second-order valence-corrected chi connectivity index (χ2v) is 5.82. The number of aryl methyl sites for hydroxylation is 1. The summed E-state index contributed by atoms with van der Waals surface area (Å²) in [6, 6.07) is 6.03. The standard InChI is InChI=1S/C14H19BrN2O.ClH/c1-10-6-11(8-12(15)7-10)14(18)17-5-3-2-4-13(17)9-16;/h6-8,13H,2-5,9,16H2,1H3;1H. The third kappa shape index (κ3) is 3.94. The molecule has 3 nitrogen and oxygen atoms in total. The number of hydrogen-bond acceptors (Lipinski definition) is 2. The average molecular weight is 348 g/mol. The number of piperidine rings is 1. The van der Waals surface area contributed by atoms with E-state index in [-0.39, 0.29) is 24.4 Å². The van der Waals surface area contributed by atoms with Crippen LogP contribution < -0.4 is 5.73 Å². The largest absolute Gasteiger partial charge is 0.334 e. The topological polar surface area (TPSA) is 46.3 Å². The van der Waals surface area contributed by atoms with E-state index in [1.807, 2.05) is 30.0 Å². The van der Waals surface area contributed by atoms with Gasteiger partial charge in [0.05, 0.1) is 0 Å². The predicted octanol–water partition coefficient (Wildman–Crippen LogP) is 3.13. The van der Waals surface area contributed by atoms with Crippen LogP contribution in [0.5, 0.6) is 0 Å². The van der Waals surface area contributed by atoms with Crippen molar-refractivity contribution in [2.75, 3.05) is 13.1 Å². The van der Waals surface area contributed by atoms with Gasteiger partial charge in [-0.05, 0) is 49.9 Å². The van der Waals surface area contributed by atoms with Crippen molar-refractivity contribution < 1.29 is 4.79 Å². The molecular weight excluding hydrogens is 328 g/mol. The number of likely N-dealkylation sites (tertiary alicyclic amines) is 1. The predicted molar refractivity (Wildman–Crippen MR) is 83.9 cm³/mol. The van der Waals surface area contributed by atoms with Crippen LogP contribution in [0.3, 0.4) is 0 Å². The molecule has 0 radical (unpaired) electrons. The van der Waals surface area contributed by atoms with Gasteiger partial charge < -0.3 is 10.6 Å². The van der Waals surface area contributed by atoms with Crippen LogP contribution in [0, 0.1) is 6.92 Å². The minimum absolute atomic E-state index is 0. The van der Waals surface area contributed by atoms with Crippen LogP contribution in [0.2, 0.25) is 0 Å². The number of carbonyl (C=O) groups is 1. The van der Waals surface area contributed by atoms with E-state index in [0.29, 0.717) is 6.54 Å². The van der Waals surface area contributed by atoms with E-state index in [2.05, 4.69) is 15.9 Å². The summed E-state index contributed by atoms with van der Waals surface area (Å²) < 4.78 is 0.951. The van der Waals surface area contributed by atoms with Crippen molar-refractivity contribution in [3.63, 3.8) is 0 Å². The molecule has 0 spiro atoms. The van der Waals surface area contributed by atoms with Crippen molar-refractivity contribution in [2.24, 2.45) is 5.73 Å². The van der Waals surface area contributed by atoms with E-state index < -0.39 is 0 Å². The fourth-order valence-corrected chi connectivity index (χ4v) is 3.15. The highest BCUT2D eigenvalue weighted by Gasteiger charge is 2.26. The molecule has 2 rings (SSSR count). The number of hydrogen-bond donors (Lipinski definition) is 1. The van der Waals surface area contributed by atoms with Crippen molar-refractivity contribution in [1.82, 2.24) is 4.90 Å². The zero-order chi connectivity index (χ0) is 13.1. The van der Waals surface area contributed by atoms with E-state index in [1.54, 1.807) is 0 Å². The fraction of sp³-hybridized carbons (Fsp3) is 0.500. The Labute approximate surface area is 129 Å². The molecular formula is C14H20BrClN2O. The Morgan fingerprint density at radius 2 is 2.16 bits per heavy atom. The summed E-state index contributed by atoms with van der Waals surface area (Å²) in [5, 5.41) is 0. The Morgan fingerprint density at radius 3 is 2.79 bits per heavy atom. The molecule has 2 N–H and O–H groups in total. The molecule has 5 heteroatoms. The average Bonchev–Trinajstić information content (AvgIpc) is 2.36. The summed E-state index contributed by atoms with van der Waals surface area (Å²) in [6.07, 6.45) is 3.27. The lowest BCUT2D eigenvalue weighted by atomic mass is 10.0. The smallest absolute Gasteiger partial charge is 0.254 e. The van der Waals surface area contributed by atoms with Crippen molar-refractivity contribution in [2.45, 2.75) is 32.2 Å². The minimum atomic E-state index is 0. The van der Waals surface area contributed by atoms with Crippen LogP contribution in [-0.4, -0.2) is 29.9 Å². The molecule has 1 unspecified atom stereocenters. The maximum Gasteiger partial charge on any atom is 0.254 e. The summed E-state index contributed by atoms with van der Waals surface area (Å²) in [4.78, 5) is 14.5. The van der Waals surface area contributed by atoms with Crippen molar-refractivity contribution in [3.05, 3.63) is 33.8 Å². The van der Waals surface area contributed by atoms with Gasteiger partial charge in [0.15, 0.2) is 0 Å². The zero-order valence-electron chi connectivity index (χ0n) is 11.1. The summed E-state index contributed by atoms with van der Waals surface area (Å²) in [5.41, 5.74) is 7.61. The summed E-state index contributed by atoms with van der Waals surface area (Å²) >= 11 is 3.44. The van der Waals surface area contributed by atoms with Gasteiger partial charge in [-0.2, -0.15) is 0 Å². The molecule has 0 bridgehead atoms. The lowest BCUT2D eigenvalue weighted by Crippen LogP contribution is -2.47. The number of rotatable bonds is 2. The monoisotopic (exact) mass is 346 g/mol. The van der Waals surface area contributed by atoms with E-state index in [1.165, 1.54) is 6.42 Å². The minimum Gasteiger partial charge on any atom is -0.334 e. The van der Waals surface area contributed by atoms with Gasteiger partial charge in [-0.3, -0.25) is 4.79 Å². The number of amides is 1. The van der Waals surface area contributed by atoms with Gasteiger partial charge in [-0.1, -0.05) is 15.9 Å². The van der Waals surface area contributed by atoms with E-state index in [9.17, 15) is 4.79 Å². The van der Waals surface area contributed by atoms with Gasteiger partial charge in [-0.25, -0.2) is 0 Å². The van der Waals surface area contributed by atoms with E-state index in [0.717, 1.165) is 35.0 Å². The maximum absolute atomic E-state index is 12.5. The summed E-state index contributed by atoms with van der Waals surface area (Å²) in [7, 11) is 0. The Morgan fingerprint density at radius 1 is 1.42 bits per heavy atom. The first-order valence-electron chi connectivity index (χ1n) is 6.40. The molecule has 1 aromatic carbocycles. The SMILES string of the molecule is Cc1cc(Br)cc(C(=O)N2CCCCC2CN)c1.Cl. The lowest BCUT2D eigenvalue weighted by molar-refractivity contribution is 0.0623. The van der Waals surface area contributed by atoms with Crippen LogP contribution in [0.15, 0.2) is 22.7 Å². The van der Waals surface area contributed by atoms with E-state index in [4.69, 9.17) is 5.73 Å². The zero-order valence-corrected chi connectivity index (χ0v) is 13.5. The number of nitrogens with two attached hydrogens (primary N) is 1. The third-order valence-electron chi connectivity index (χ3n) is 3.45. The molecule has 1 atom stereocenters. The van der Waals surface area contributed by atoms with Crippen LogP contribution in [0.25, 0.3) is 0 Å². The normalized spacial score (nSPS) is 18.9. The first-order valence-corrected chi connectivity index (χ1v) is 7.19. The molecule has 1 aliphatic rings. The fourth-order valence-electron chi connectivity index (χ4n) is 2.54. The number of halogens is 2. The molecule has 0 aromatic heterocycles. The lowest BCUT2D eigenvalue weighted by Gasteiger charge is -2.35. The molecule has 1 fully saturated rings. The highest BCUT2D eigenvalue weighted by molar-refractivity contribution is 9.10. The maximum atomic E-state index is 12.5. The number of benzene rings is 1. The van der Waals surface area contributed by atoms with Gasteiger partial charge >= 0.3 is 0 Å².